The third-order valence-corrected chi connectivity index (χ3v) is 5.29. The Morgan fingerprint density at radius 3 is 2.70 bits per heavy atom. The molecule has 2 heterocycles. The molecule has 2 atom stereocenters. The Hall–Kier alpha value is -0.940. The average molecular weight is 352 g/mol. The quantitative estimate of drug-likeness (QED) is 0.845. The second-order valence-corrected chi connectivity index (χ2v) is 8.18. The van der Waals surface area contributed by atoms with Crippen molar-refractivity contribution in [2.75, 3.05) is 23.7 Å². The molecule has 1 fully saturated rings. The number of anilines is 2. The molecular formula is C15H18BrN3S. The zero-order chi connectivity index (χ0) is 14.3. The highest BCUT2D eigenvalue weighted by molar-refractivity contribution is 9.10. The first-order chi connectivity index (χ1) is 9.54. The van der Waals surface area contributed by atoms with Crippen LogP contribution in [0.2, 0.25) is 0 Å². The van der Waals surface area contributed by atoms with Gasteiger partial charge in [-0.05, 0) is 18.2 Å². The van der Waals surface area contributed by atoms with Gasteiger partial charge in [-0.2, -0.15) is 11.8 Å². The topological polar surface area (TPSA) is 42.1 Å². The summed E-state index contributed by atoms with van der Waals surface area (Å²) in [6.45, 7) is 6.63. The molecule has 0 saturated carbocycles. The van der Waals surface area contributed by atoms with Crippen LogP contribution >= 0.6 is 27.7 Å². The Balaban J connectivity index is 2.14. The summed E-state index contributed by atoms with van der Waals surface area (Å²) in [5.74, 6) is 0. The van der Waals surface area contributed by atoms with Crippen LogP contribution in [0.3, 0.4) is 0 Å². The van der Waals surface area contributed by atoms with E-state index in [2.05, 4.69) is 45.7 Å². The average Bonchev–Trinajstić information content (AvgIpc) is 2.37. The summed E-state index contributed by atoms with van der Waals surface area (Å²) in [5, 5.41) is 2.37. The summed E-state index contributed by atoms with van der Waals surface area (Å²) in [6, 6.07) is 6.17. The molecule has 2 unspecified atom stereocenters. The van der Waals surface area contributed by atoms with E-state index in [4.69, 9.17) is 5.73 Å². The number of nitrogens with zero attached hydrogens (tertiary/aromatic N) is 2. The number of pyridine rings is 1. The summed E-state index contributed by atoms with van der Waals surface area (Å²) in [6.07, 6.45) is 1.78. The van der Waals surface area contributed by atoms with Crippen LogP contribution in [-0.2, 0) is 0 Å². The molecule has 1 aliphatic heterocycles. The Bertz CT molecular complexity index is 631. The van der Waals surface area contributed by atoms with Crippen LogP contribution in [-0.4, -0.2) is 28.6 Å². The molecule has 3 rings (SSSR count). The number of hydrogen-bond donors (Lipinski definition) is 1. The number of halogens is 1. The number of nitrogens with two attached hydrogens (primary N) is 1. The van der Waals surface area contributed by atoms with Crippen molar-refractivity contribution >= 4 is 50.0 Å². The summed E-state index contributed by atoms with van der Waals surface area (Å²) >= 11 is 5.59. The molecule has 20 heavy (non-hydrogen) atoms. The van der Waals surface area contributed by atoms with Gasteiger partial charge < -0.3 is 10.6 Å². The number of nitrogen functional groups attached to an aromatic ring is 1. The predicted molar refractivity (Wildman–Crippen MR) is 92.6 cm³/mol. The Morgan fingerprint density at radius 1 is 1.30 bits per heavy atom. The highest BCUT2D eigenvalue weighted by Crippen LogP contribution is 2.37. The number of benzene rings is 1. The lowest BCUT2D eigenvalue weighted by Crippen LogP contribution is -2.40. The van der Waals surface area contributed by atoms with E-state index in [-0.39, 0.29) is 0 Å². The molecule has 0 radical (unpaired) electrons. The molecule has 1 saturated heterocycles. The third kappa shape index (κ3) is 2.61. The second kappa shape index (κ2) is 5.45. The predicted octanol–water partition coefficient (Wildman–Crippen LogP) is 3.91. The Labute approximate surface area is 132 Å². The maximum absolute atomic E-state index is 6.23. The SMILES string of the molecule is CC1CN(c2c(N)cnc3ccc(Br)cc23)CC(C)S1. The molecule has 0 amide bonds. The summed E-state index contributed by atoms with van der Waals surface area (Å²) < 4.78 is 1.06. The van der Waals surface area contributed by atoms with Gasteiger partial charge in [-0.3, -0.25) is 4.98 Å². The van der Waals surface area contributed by atoms with E-state index in [1.165, 1.54) is 0 Å². The van der Waals surface area contributed by atoms with Crippen LogP contribution < -0.4 is 10.6 Å². The van der Waals surface area contributed by atoms with E-state index in [0.717, 1.165) is 39.8 Å². The van der Waals surface area contributed by atoms with Gasteiger partial charge in [-0.25, -0.2) is 0 Å². The van der Waals surface area contributed by atoms with Gasteiger partial charge >= 0.3 is 0 Å². The highest BCUT2D eigenvalue weighted by Gasteiger charge is 2.25. The Kier molecular flexibility index (Phi) is 3.82. The van der Waals surface area contributed by atoms with Crippen LogP contribution in [0.15, 0.2) is 28.9 Å². The van der Waals surface area contributed by atoms with Crippen molar-refractivity contribution < 1.29 is 0 Å². The van der Waals surface area contributed by atoms with Crippen molar-refractivity contribution in [3.8, 4) is 0 Å². The van der Waals surface area contributed by atoms with Crippen LogP contribution in [0.1, 0.15) is 13.8 Å². The van der Waals surface area contributed by atoms with Gasteiger partial charge in [0, 0.05) is 33.4 Å². The summed E-state index contributed by atoms with van der Waals surface area (Å²) in [4.78, 5) is 6.85. The fraction of sp³-hybridized carbons (Fsp3) is 0.400. The zero-order valence-corrected chi connectivity index (χ0v) is 14.0. The third-order valence-electron chi connectivity index (χ3n) is 3.57. The van der Waals surface area contributed by atoms with E-state index in [1.54, 1.807) is 6.20 Å². The minimum Gasteiger partial charge on any atom is -0.396 e. The van der Waals surface area contributed by atoms with Gasteiger partial charge in [-0.1, -0.05) is 29.8 Å². The number of thioether (sulfide) groups is 1. The zero-order valence-electron chi connectivity index (χ0n) is 11.6. The van der Waals surface area contributed by atoms with Crippen molar-refractivity contribution in [2.45, 2.75) is 24.3 Å². The lowest BCUT2D eigenvalue weighted by Gasteiger charge is -2.37. The van der Waals surface area contributed by atoms with Crippen molar-refractivity contribution in [3.63, 3.8) is 0 Å². The van der Waals surface area contributed by atoms with Gasteiger partial charge in [0.1, 0.15) is 0 Å². The smallest absolute Gasteiger partial charge is 0.0745 e. The molecule has 1 aromatic carbocycles. The maximum Gasteiger partial charge on any atom is 0.0745 e. The van der Waals surface area contributed by atoms with Gasteiger partial charge in [-0.15, -0.1) is 0 Å². The highest BCUT2D eigenvalue weighted by atomic mass is 79.9. The van der Waals surface area contributed by atoms with Crippen LogP contribution in [0, 0.1) is 0 Å². The fourth-order valence-corrected chi connectivity index (χ4v) is 4.57. The van der Waals surface area contributed by atoms with Crippen LogP contribution in [0.25, 0.3) is 10.9 Å². The molecule has 0 spiro atoms. The van der Waals surface area contributed by atoms with E-state index in [9.17, 15) is 0 Å². The molecule has 5 heteroatoms. The lowest BCUT2D eigenvalue weighted by molar-refractivity contribution is 0.731. The first-order valence-corrected chi connectivity index (χ1v) is 8.52. The van der Waals surface area contributed by atoms with Crippen molar-refractivity contribution in [3.05, 3.63) is 28.9 Å². The largest absolute Gasteiger partial charge is 0.396 e. The van der Waals surface area contributed by atoms with Crippen molar-refractivity contribution in [1.29, 1.82) is 0 Å². The molecule has 0 bridgehead atoms. The van der Waals surface area contributed by atoms with E-state index in [1.807, 2.05) is 23.9 Å². The van der Waals surface area contributed by atoms with E-state index < -0.39 is 0 Å². The van der Waals surface area contributed by atoms with Gasteiger partial charge in [0.2, 0.25) is 0 Å². The lowest BCUT2D eigenvalue weighted by atomic mass is 10.1. The molecule has 3 nitrogen and oxygen atoms in total. The minimum absolute atomic E-state index is 0.619. The maximum atomic E-state index is 6.23. The summed E-state index contributed by atoms with van der Waals surface area (Å²) in [7, 11) is 0. The normalized spacial score (nSPS) is 23.2. The molecular weight excluding hydrogens is 334 g/mol. The molecule has 106 valence electrons. The molecule has 1 aromatic heterocycles. The Morgan fingerprint density at radius 2 is 2.00 bits per heavy atom. The molecule has 0 aliphatic carbocycles. The first kappa shape index (κ1) is 14.0. The number of fused-ring (bicyclic) bond motifs is 1. The number of aromatic nitrogens is 1. The molecule has 2 N–H and O–H groups in total. The van der Waals surface area contributed by atoms with E-state index in [0.29, 0.717) is 10.5 Å². The second-order valence-electron chi connectivity index (χ2n) is 5.39. The number of hydrogen-bond acceptors (Lipinski definition) is 4. The van der Waals surface area contributed by atoms with Crippen LogP contribution in [0.4, 0.5) is 11.4 Å². The fourth-order valence-electron chi connectivity index (χ4n) is 2.88. The van der Waals surface area contributed by atoms with Gasteiger partial charge in [0.25, 0.3) is 0 Å². The minimum atomic E-state index is 0.619. The first-order valence-electron chi connectivity index (χ1n) is 6.78. The van der Waals surface area contributed by atoms with Crippen LogP contribution in [0.5, 0.6) is 0 Å². The van der Waals surface area contributed by atoms with Crippen molar-refractivity contribution in [2.24, 2.45) is 0 Å². The standard InChI is InChI=1S/C15H18BrN3S/c1-9-7-19(8-10(2)20-9)15-12-5-11(16)3-4-14(12)18-6-13(15)17/h3-6,9-10H,7-8,17H2,1-2H3. The summed E-state index contributed by atoms with van der Waals surface area (Å²) in [5.41, 5.74) is 9.13. The number of rotatable bonds is 1. The molecule has 2 aromatic rings. The van der Waals surface area contributed by atoms with Gasteiger partial charge in [0.15, 0.2) is 0 Å². The molecule has 1 aliphatic rings. The van der Waals surface area contributed by atoms with E-state index >= 15 is 0 Å². The van der Waals surface area contributed by atoms with Crippen molar-refractivity contribution in [1.82, 2.24) is 4.98 Å². The monoisotopic (exact) mass is 351 g/mol. The van der Waals surface area contributed by atoms with Gasteiger partial charge in [0.05, 0.1) is 23.1 Å².